The van der Waals surface area contributed by atoms with Crippen LogP contribution in [0.2, 0.25) is 0 Å². The molecule has 0 bridgehead atoms. The lowest BCUT2D eigenvalue weighted by Crippen LogP contribution is -2.07. The SMILES string of the molecule is O=[N+]([O-])c1cccc2ccc(COP(=O)(N3CC3)N3CC3)cc12. The van der Waals surface area contributed by atoms with Gasteiger partial charge in [0, 0.05) is 32.2 Å². The van der Waals surface area contributed by atoms with Gasteiger partial charge in [-0.05, 0) is 17.0 Å². The number of rotatable bonds is 6. The van der Waals surface area contributed by atoms with Crippen LogP contribution in [0.3, 0.4) is 0 Å². The molecule has 2 aromatic carbocycles. The lowest BCUT2D eigenvalue weighted by atomic mass is 10.1. The van der Waals surface area contributed by atoms with Gasteiger partial charge in [0.2, 0.25) is 0 Å². The van der Waals surface area contributed by atoms with Crippen LogP contribution in [-0.4, -0.2) is 40.4 Å². The standard InChI is InChI=1S/C15H16N3O4P/c19-18(20)15-3-1-2-13-5-4-12(10-14(13)15)11-22-23(21,16-6-7-16)17-8-9-17/h1-5,10H,6-9,11H2. The van der Waals surface area contributed by atoms with Gasteiger partial charge in [0.05, 0.1) is 16.9 Å². The van der Waals surface area contributed by atoms with Crippen LogP contribution < -0.4 is 0 Å². The molecule has 2 aliphatic rings. The van der Waals surface area contributed by atoms with E-state index in [0.29, 0.717) is 5.39 Å². The minimum Gasteiger partial charge on any atom is -0.301 e. The lowest BCUT2D eigenvalue weighted by Gasteiger charge is -2.19. The molecule has 0 N–H and O–H groups in total. The first kappa shape index (κ1) is 14.8. The maximum atomic E-state index is 12.9. The molecule has 2 heterocycles. The largest absolute Gasteiger partial charge is 0.346 e. The first-order valence-corrected chi connectivity index (χ1v) is 9.02. The molecule has 0 atom stereocenters. The summed E-state index contributed by atoms with van der Waals surface area (Å²) in [5.41, 5.74) is 0.861. The van der Waals surface area contributed by atoms with Crippen molar-refractivity contribution in [2.24, 2.45) is 0 Å². The van der Waals surface area contributed by atoms with E-state index in [-0.39, 0.29) is 17.2 Å². The molecule has 0 radical (unpaired) electrons. The van der Waals surface area contributed by atoms with E-state index in [1.165, 1.54) is 6.07 Å². The highest BCUT2D eigenvalue weighted by molar-refractivity contribution is 7.54. The molecule has 7 nitrogen and oxygen atoms in total. The summed E-state index contributed by atoms with van der Waals surface area (Å²) < 4.78 is 22.3. The van der Waals surface area contributed by atoms with E-state index in [1.54, 1.807) is 12.1 Å². The minimum atomic E-state index is -2.86. The number of benzene rings is 2. The second-order valence-electron chi connectivity index (χ2n) is 5.76. The van der Waals surface area contributed by atoms with Crippen molar-refractivity contribution >= 4 is 24.1 Å². The number of nitro groups is 1. The third-order valence-electron chi connectivity index (χ3n) is 4.08. The molecule has 4 rings (SSSR count). The molecule has 0 aliphatic carbocycles. The van der Waals surface area contributed by atoms with E-state index in [1.807, 2.05) is 27.5 Å². The van der Waals surface area contributed by atoms with E-state index in [4.69, 9.17) is 4.52 Å². The van der Waals surface area contributed by atoms with Crippen molar-refractivity contribution in [1.29, 1.82) is 0 Å². The van der Waals surface area contributed by atoms with Crippen LogP contribution in [0.5, 0.6) is 0 Å². The number of nitro benzene ring substituents is 1. The van der Waals surface area contributed by atoms with Crippen LogP contribution in [0.1, 0.15) is 5.56 Å². The molecule has 23 heavy (non-hydrogen) atoms. The van der Waals surface area contributed by atoms with Crippen LogP contribution in [0.4, 0.5) is 5.69 Å². The topological polar surface area (TPSA) is 75.5 Å². The summed E-state index contributed by atoms with van der Waals surface area (Å²) in [5.74, 6) is 0. The van der Waals surface area contributed by atoms with E-state index >= 15 is 0 Å². The first-order chi connectivity index (χ1) is 11.1. The van der Waals surface area contributed by atoms with E-state index in [9.17, 15) is 14.7 Å². The first-order valence-electron chi connectivity index (χ1n) is 7.49. The van der Waals surface area contributed by atoms with Gasteiger partial charge in [0.15, 0.2) is 0 Å². The summed E-state index contributed by atoms with van der Waals surface area (Å²) in [5, 5.41) is 12.5. The van der Waals surface area contributed by atoms with Gasteiger partial charge in [-0.3, -0.25) is 14.7 Å². The second kappa shape index (κ2) is 5.39. The van der Waals surface area contributed by atoms with Crippen molar-refractivity contribution in [2.75, 3.05) is 26.2 Å². The Morgan fingerprint density at radius 3 is 2.43 bits per heavy atom. The normalized spacial score (nSPS) is 18.3. The fraction of sp³-hybridized carbons (Fsp3) is 0.333. The molecule has 2 fully saturated rings. The summed E-state index contributed by atoms with van der Waals surface area (Å²) in [6, 6.07) is 10.4. The van der Waals surface area contributed by atoms with Gasteiger partial charge >= 0.3 is 7.67 Å². The Morgan fingerprint density at radius 2 is 1.83 bits per heavy atom. The van der Waals surface area contributed by atoms with Crippen LogP contribution in [0.15, 0.2) is 36.4 Å². The predicted molar refractivity (Wildman–Crippen MR) is 86.1 cm³/mol. The van der Waals surface area contributed by atoms with Crippen molar-refractivity contribution in [3.05, 3.63) is 52.1 Å². The highest BCUT2D eigenvalue weighted by Gasteiger charge is 2.49. The fourth-order valence-corrected chi connectivity index (χ4v) is 4.84. The smallest absolute Gasteiger partial charge is 0.301 e. The van der Waals surface area contributed by atoms with E-state index < -0.39 is 7.67 Å². The molecular weight excluding hydrogens is 317 g/mol. The van der Waals surface area contributed by atoms with Crippen LogP contribution >= 0.6 is 7.67 Å². The molecule has 120 valence electrons. The maximum absolute atomic E-state index is 12.9. The highest BCUT2D eigenvalue weighted by Crippen LogP contribution is 2.61. The predicted octanol–water partition coefficient (Wildman–Crippen LogP) is 3.00. The monoisotopic (exact) mass is 333 g/mol. The zero-order valence-electron chi connectivity index (χ0n) is 12.4. The average molecular weight is 333 g/mol. The summed E-state index contributed by atoms with van der Waals surface area (Å²) in [4.78, 5) is 10.8. The van der Waals surface area contributed by atoms with Gasteiger partial charge in [-0.1, -0.05) is 24.3 Å². The Balaban J connectivity index is 1.60. The van der Waals surface area contributed by atoms with Crippen molar-refractivity contribution in [3.63, 3.8) is 0 Å². The van der Waals surface area contributed by atoms with E-state index in [0.717, 1.165) is 37.1 Å². The Hall–Kier alpha value is -1.79. The van der Waals surface area contributed by atoms with Crippen LogP contribution in [0.25, 0.3) is 10.8 Å². The van der Waals surface area contributed by atoms with Gasteiger partial charge in [0.25, 0.3) is 5.69 Å². The number of fused-ring (bicyclic) bond motifs is 1. The molecule has 0 saturated carbocycles. The van der Waals surface area contributed by atoms with Crippen molar-refractivity contribution < 1.29 is 14.0 Å². The van der Waals surface area contributed by atoms with Gasteiger partial charge in [-0.25, -0.2) is 9.34 Å². The van der Waals surface area contributed by atoms with Crippen molar-refractivity contribution in [2.45, 2.75) is 6.61 Å². The lowest BCUT2D eigenvalue weighted by molar-refractivity contribution is -0.383. The second-order valence-corrected chi connectivity index (χ2v) is 8.13. The Kier molecular flexibility index (Phi) is 3.46. The third kappa shape index (κ3) is 2.77. The molecule has 2 aliphatic heterocycles. The number of nitrogens with zero attached hydrogens (tertiary/aromatic N) is 3. The van der Waals surface area contributed by atoms with Gasteiger partial charge in [-0.2, -0.15) is 0 Å². The molecule has 0 spiro atoms. The molecule has 0 amide bonds. The Labute approximate surface area is 133 Å². The summed E-state index contributed by atoms with van der Waals surface area (Å²) in [6.07, 6.45) is 0. The zero-order valence-corrected chi connectivity index (χ0v) is 13.3. The van der Waals surface area contributed by atoms with Gasteiger partial charge in [0.1, 0.15) is 0 Å². The zero-order chi connectivity index (χ0) is 16.0. The Bertz CT molecular complexity index is 817. The molecule has 2 aromatic rings. The maximum Gasteiger partial charge on any atom is 0.346 e. The molecular formula is C15H16N3O4P. The minimum absolute atomic E-state index is 0.0735. The highest BCUT2D eigenvalue weighted by atomic mass is 31.2. The van der Waals surface area contributed by atoms with E-state index in [2.05, 4.69) is 0 Å². The van der Waals surface area contributed by atoms with Crippen molar-refractivity contribution in [3.8, 4) is 0 Å². The molecule has 0 unspecified atom stereocenters. The Morgan fingerprint density at radius 1 is 1.13 bits per heavy atom. The number of hydrogen-bond donors (Lipinski definition) is 0. The summed E-state index contributed by atoms with van der Waals surface area (Å²) >= 11 is 0. The fourth-order valence-electron chi connectivity index (χ4n) is 2.65. The summed E-state index contributed by atoms with van der Waals surface area (Å²) in [6.45, 7) is 3.40. The van der Waals surface area contributed by atoms with Crippen LogP contribution in [0, 0.1) is 10.1 Å². The molecule has 0 aromatic heterocycles. The van der Waals surface area contributed by atoms with Gasteiger partial charge < -0.3 is 4.52 Å². The number of hydrogen-bond acceptors (Lipinski definition) is 4. The average Bonchev–Trinajstić information content (AvgIpc) is 3.41. The van der Waals surface area contributed by atoms with Crippen molar-refractivity contribution in [1.82, 2.24) is 9.34 Å². The molecule has 2 saturated heterocycles. The molecule has 8 heteroatoms. The quantitative estimate of drug-likeness (QED) is 0.350. The van der Waals surface area contributed by atoms with Crippen LogP contribution in [-0.2, 0) is 15.7 Å². The van der Waals surface area contributed by atoms with Gasteiger partial charge in [-0.15, -0.1) is 0 Å². The number of non-ortho nitro benzene ring substituents is 1. The summed E-state index contributed by atoms with van der Waals surface area (Å²) in [7, 11) is -2.86. The third-order valence-corrected chi connectivity index (χ3v) is 6.78.